The molecule has 0 saturated carbocycles. The van der Waals surface area contributed by atoms with Gasteiger partial charge < -0.3 is 5.32 Å². The lowest BCUT2D eigenvalue weighted by atomic mass is 10.3. The molecule has 2 rings (SSSR count). The first kappa shape index (κ1) is 12.0. The number of aromatic nitrogens is 2. The Morgan fingerprint density at radius 1 is 1.24 bits per heavy atom. The first-order valence-corrected chi connectivity index (χ1v) is 6.67. The maximum atomic E-state index is 4.54. The Balaban J connectivity index is 2.31. The van der Waals surface area contributed by atoms with Crippen LogP contribution in [0.1, 0.15) is 23.9 Å². The highest BCUT2D eigenvalue weighted by Crippen LogP contribution is 2.25. The first-order valence-electron chi connectivity index (χ1n) is 5.85. The third-order valence-corrected chi connectivity index (χ3v) is 3.37. The lowest BCUT2D eigenvalue weighted by Gasteiger charge is -2.06. The number of thiophene rings is 1. The lowest BCUT2D eigenvalue weighted by Crippen LogP contribution is -2.04. The predicted octanol–water partition coefficient (Wildman–Crippen LogP) is 3.64. The summed E-state index contributed by atoms with van der Waals surface area (Å²) in [6, 6.07) is 6.17. The zero-order valence-corrected chi connectivity index (χ0v) is 11.3. The van der Waals surface area contributed by atoms with E-state index in [2.05, 4.69) is 41.3 Å². The van der Waals surface area contributed by atoms with E-state index >= 15 is 0 Å². The van der Waals surface area contributed by atoms with E-state index < -0.39 is 0 Å². The van der Waals surface area contributed by atoms with Gasteiger partial charge in [0.1, 0.15) is 5.82 Å². The second-order valence-corrected chi connectivity index (χ2v) is 5.34. The summed E-state index contributed by atoms with van der Waals surface area (Å²) < 4.78 is 0. The molecule has 0 bridgehead atoms. The fourth-order valence-electron chi connectivity index (χ4n) is 1.58. The molecule has 0 aromatic carbocycles. The summed E-state index contributed by atoms with van der Waals surface area (Å²) in [6.45, 7) is 7.19. The van der Waals surface area contributed by atoms with Crippen LogP contribution >= 0.6 is 11.3 Å². The molecule has 2 heterocycles. The number of anilines is 1. The van der Waals surface area contributed by atoms with Crippen LogP contribution in [0.2, 0.25) is 0 Å². The van der Waals surface area contributed by atoms with Crippen molar-refractivity contribution in [1.82, 2.24) is 9.97 Å². The molecule has 2 aromatic rings. The molecule has 0 atom stereocenters. The molecule has 0 saturated heterocycles. The highest BCUT2D eigenvalue weighted by Gasteiger charge is 2.06. The van der Waals surface area contributed by atoms with Crippen LogP contribution in [0.5, 0.6) is 0 Å². The van der Waals surface area contributed by atoms with Crippen LogP contribution in [0.25, 0.3) is 10.7 Å². The molecular weight excluding hydrogens is 230 g/mol. The van der Waals surface area contributed by atoms with Crippen molar-refractivity contribution in [2.24, 2.45) is 0 Å². The third kappa shape index (κ3) is 3.03. The number of nitrogens with zero attached hydrogens (tertiary/aromatic N) is 2. The number of hydrogen-bond acceptors (Lipinski definition) is 4. The van der Waals surface area contributed by atoms with E-state index in [-0.39, 0.29) is 0 Å². The quantitative estimate of drug-likeness (QED) is 0.896. The van der Waals surface area contributed by atoms with Gasteiger partial charge in [-0.15, -0.1) is 11.3 Å². The molecule has 1 N–H and O–H groups in total. The molecule has 3 nitrogen and oxygen atoms in total. The summed E-state index contributed by atoms with van der Waals surface area (Å²) in [5, 5.41) is 3.31. The summed E-state index contributed by atoms with van der Waals surface area (Å²) in [5.41, 5.74) is 1.000. The molecule has 0 radical (unpaired) electrons. The molecule has 0 aliphatic heterocycles. The van der Waals surface area contributed by atoms with Gasteiger partial charge in [0.05, 0.1) is 4.88 Å². The van der Waals surface area contributed by atoms with Gasteiger partial charge in [-0.1, -0.05) is 6.92 Å². The molecule has 90 valence electrons. The molecule has 2 aromatic heterocycles. The van der Waals surface area contributed by atoms with Gasteiger partial charge in [0.15, 0.2) is 5.82 Å². The summed E-state index contributed by atoms with van der Waals surface area (Å²) in [5.74, 6) is 1.74. The first-order chi connectivity index (χ1) is 8.19. The molecule has 17 heavy (non-hydrogen) atoms. The number of nitrogens with one attached hydrogen (secondary N) is 1. The fraction of sp³-hybridized carbons (Fsp3) is 0.385. The van der Waals surface area contributed by atoms with Gasteiger partial charge in [-0.2, -0.15) is 0 Å². The molecule has 0 aliphatic carbocycles. The second-order valence-electron chi connectivity index (χ2n) is 4.06. The van der Waals surface area contributed by atoms with Crippen LogP contribution in [0.15, 0.2) is 18.2 Å². The van der Waals surface area contributed by atoms with Crippen molar-refractivity contribution < 1.29 is 0 Å². The normalized spacial score (nSPS) is 10.5. The maximum Gasteiger partial charge on any atom is 0.171 e. The van der Waals surface area contributed by atoms with Gasteiger partial charge in [0.25, 0.3) is 0 Å². The Labute approximate surface area is 106 Å². The highest BCUT2D eigenvalue weighted by molar-refractivity contribution is 7.15. The van der Waals surface area contributed by atoms with Gasteiger partial charge in [-0.05, 0) is 32.4 Å². The third-order valence-electron chi connectivity index (χ3n) is 2.37. The Morgan fingerprint density at radius 3 is 2.71 bits per heavy atom. The zero-order chi connectivity index (χ0) is 12.3. The van der Waals surface area contributed by atoms with E-state index in [0.29, 0.717) is 0 Å². The predicted molar refractivity (Wildman–Crippen MR) is 73.6 cm³/mol. The second kappa shape index (κ2) is 5.27. The van der Waals surface area contributed by atoms with E-state index in [1.54, 1.807) is 11.3 Å². The van der Waals surface area contributed by atoms with E-state index in [9.17, 15) is 0 Å². The average Bonchev–Trinajstić information content (AvgIpc) is 2.72. The fourth-order valence-corrected chi connectivity index (χ4v) is 2.38. The molecular formula is C13H17N3S. The van der Waals surface area contributed by atoms with Crippen LogP contribution in [0, 0.1) is 13.8 Å². The van der Waals surface area contributed by atoms with Gasteiger partial charge in [-0.3, -0.25) is 0 Å². The Bertz CT molecular complexity index is 505. The number of aryl methyl sites for hydroxylation is 2. The largest absolute Gasteiger partial charge is 0.370 e. The summed E-state index contributed by atoms with van der Waals surface area (Å²) in [7, 11) is 0. The van der Waals surface area contributed by atoms with Gasteiger partial charge >= 0.3 is 0 Å². The van der Waals surface area contributed by atoms with Gasteiger partial charge in [0, 0.05) is 23.2 Å². The van der Waals surface area contributed by atoms with E-state index in [1.807, 2.05) is 13.0 Å². The SMILES string of the molecule is CCCNc1cc(C)nc(-c2ccc(C)s2)n1. The topological polar surface area (TPSA) is 37.8 Å². The van der Waals surface area contributed by atoms with Crippen molar-refractivity contribution >= 4 is 17.2 Å². The lowest BCUT2D eigenvalue weighted by molar-refractivity contribution is 0.963. The maximum absolute atomic E-state index is 4.54. The smallest absolute Gasteiger partial charge is 0.171 e. The van der Waals surface area contributed by atoms with Crippen LogP contribution in [-0.4, -0.2) is 16.5 Å². The number of hydrogen-bond donors (Lipinski definition) is 1. The minimum atomic E-state index is 0.821. The van der Waals surface area contributed by atoms with Crippen molar-refractivity contribution in [3.63, 3.8) is 0 Å². The molecule has 0 fully saturated rings. The minimum Gasteiger partial charge on any atom is -0.370 e. The highest BCUT2D eigenvalue weighted by atomic mass is 32.1. The summed E-state index contributed by atoms with van der Waals surface area (Å²) >= 11 is 1.73. The Hall–Kier alpha value is -1.42. The van der Waals surface area contributed by atoms with Crippen molar-refractivity contribution in [3.8, 4) is 10.7 Å². The average molecular weight is 247 g/mol. The van der Waals surface area contributed by atoms with E-state index in [0.717, 1.165) is 35.2 Å². The molecule has 0 aliphatic rings. The van der Waals surface area contributed by atoms with Crippen LogP contribution in [0.3, 0.4) is 0 Å². The Morgan fingerprint density at radius 2 is 2.06 bits per heavy atom. The zero-order valence-electron chi connectivity index (χ0n) is 10.4. The minimum absolute atomic E-state index is 0.821. The Kier molecular flexibility index (Phi) is 3.74. The molecule has 0 amide bonds. The summed E-state index contributed by atoms with van der Waals surface area (Å²) in [4.78, 5) is 11.4. The standard InChI is InChI=1S/C13H17N3S/c1-4-7-14-12-8-9(2)15-13(16-12)11-6-5-10(3)17-11/h5-6,8H,4,7H2,1-3H3,(H,14,15,16). The summed E-state index contributed by atoms with van der Waals surface area (Å²) in [6.07, 6.45) is 1.09. The monoisotopic (exact) mass is 247 g/mol. The van der Waals surface area contributed by atoms with E-state index in [1.165, 1.54) is 4.88 Å². The van der Waals surface area contributed by atoms with Crippen LogP contribution in [0.4, 0.5) is 5.82 Å². The molecule has 4 heteroatoms. The van der Waals surface area contributed by atoms with Gasteiger partial charge in [0.2, 0.25) is 0 Å². The van der Waals surface area contributed by atoms with Crippen molar-refractivity contribution in [2.75, 3.05) is 11.9 Å². The van der Waals surface area contributed by atoms with Crippen molar-refractivity contribution in [1.29, 1.82) is 0 Å². The number of rotatable bonds is 4. The van der Waals surface area contributed by atoms with Crippen LogP contribution in [-0.2, 0) is 0 Å². The van der Waals surface area contributed by atoms with Crippen LogP contribution < -0.4 is 5.32 Å². The van der Waals surface area contributed by atoms with Crippen molar-refractivity contribution in [2.45, 2.75) is 27.2 Å². The van der Waals surface area contributed by atoms with E-state index in [4.69, 9.17) is 0 Å². The molecule has 0 spiro atoms. The van der Waals surface area contributed by atoms with Crippen molar-refractivity contribution in [3.05, 3.63) is 28.8 Å². The van der Waals surface area contributed by atoms with Gasteiger partial charge in [-0.25, -0.2) is 9.97 Å². The molecule has 0 unspecified atom stereocenters.